The Labute approximate surface area is 127 Å². The second-order valence-electron chi connectivity index (χ2n) is 6.06. The SMILES string of the molecule is CCN1CCN(CC(=O)NC2CCN(C(C)=O)CC2)CC1. The number of nitrogens with one attached hydrogen (secondary N) is 1. The first-order valence-electron chi connectivity index (χ1n) is 8.08. The fourth-order valence-electron chi connectivity index (χ4n) is 3.08. The van der Waals surface area contributed by atoms with Crippen LogP contribution < -0.4 is 5.32 Å². The van der Waals surface area contributed by atoms with Crippen LogP contribution in [0.2, 0.25) is 0 Å². The fraction of sp³-hybridized carbons (Fsp3) is 0.867. The molecule has 0 aromatic rings. The minimum absolute atomic E-state index is 0.126. The number of piperazine rings is 1. The van der Waals surface area contributed by atoms with Crippen molar-refractivity contribution in [1.82, 2.24) is 20.0 Å². The molecular weight excluding hydrogens is 268 g/mol. The number of likely N-dealkylation sites (N-methyl/N-ethyl adjacent to an activating group) is 1. The molecule has 2 aliphatic heterocycles. The third-order valence-electron chi connectivity index (χ3n) is 4.58. The highest BCUT2D eigenvalue weighted by molar-refractivity contribution is 5.78. The van der Waals surface area contributed by atoms with Crippen LogP contribution in [-0.2, 0) is 9.59 Å². The van der Waals surface area contributed by atoms with Gasteiger partial charge in [-0.1, -0.05) is 6.92 Å². The molecule has 6 nitrogen and oxygen atoms in total. The van der Waals surface area contributed by atoms with E-state index in [1.807, 2.05) is 4.90 Å². The van der Waals surface area contributed by atoms with Gasteiger partial charge in [-0.15, -0.1) is 0 Å². The van der Waals surface area contributed by atoms with Crippen molar-refractivity contribution in [2.75, 3.05) is 52.4 Å². The second kappa shape index (κ2) is 7.75. The molecule has 0 spiro atoms. The first-order valence-corrected chi connectivity index (χ1v) is 8.08. The molecule has 0 aliphatic carbocycles. The van der Waals surface area contributed by atoms with E-state index in [0.717, 1.165) is 58.7 Å². The fourth-order valence-corrected chi connectivity index (χ4v) is 3.08. The summed E-state index contributed by atoms with van der Waals surface area (Å²) in [5.74, 6) is 0.259. The zero-order valence-corrected chi connectivity index (χ0v) is 13.3. The monoisotopic (exact) mass is 296 g/mol. The lowest BCUT2D eigenvalue weighted by Gasteiger charge is -2.35. The molecule has 2 fully saturated rings. The van der Waals surface area contributed by atoms with Gasteiger partial charge in [0.25, 0.3) is 0 Å². The van der Waals surface area contributed by atoms with Gasteiger partial charge in [0.05, 0.1) is 6.54 Å². The molecule has 2 rings (SSSR count). The highest BCUT2D eigenvalue weighted by Gasteiger charge is 2.23. The van der Waals surface area contributed by atoms with E-state index in [9.17, 15) is 9.59 Å². The van der Waals surface area contributed by atoms with Crippen LogP contribution in [0.5, 0.6) is 0 Å². The van der Waals surface area contributed by atoms with E-state index < -0.39 is 0 Å². The van der Waals surface area contributed by atoms with Crippen LogP contribution in [0, 0.1) is 0 Å². The molecule has 2 amide bonds. The van der Waals surface area contributed by atoms with Gasteiger partial charge in [0, 0.05) is 52.2 Å². The standard InChI is InChI=1S/C15H28N4O2/c1-3-17-8-10-18(11-9-17)12-15(21)16-14-4-6-19(7-5-14)13(2)20/h14H,3-12H2,1-2H3,(H,16,21). The Kier molecular flexibility index (Phi) is 5.99. The molecule has 21 heavy (non-hydrogen) atoms. The Hall–Kier alpha value is -1.14. The Morgan fingerprint density at radius 1 is 1.00 bits per heavy atom. The number of hydrogen-bond acceptors (Lipinski definition) is 4. The number of carbonyl (C=O) groups is 2. The molecule has 0 aromatic heterocycles. The van der Waals surface area contributed by atoms with Crippen molar-refractivity contribution < 1.29 is 9.59 Å². The largest absolute Gasteiger partial charge is 0.352 e. The summed E-state index contributed by atoms with van der Waals surface area (Å²) in [7, 11) is 0. The van der Waals surface area contributed by atoms with E-state index in [4.69, 9.17) is 0 Å². The molecular formula is C15H28N4O2. The van der Waals surface area contributed by atoms with E-state index >= 15 is 0 Å². The van der Waals surface area contributed by atoms with E-state index in [0.29, 0.717) is 6.54 Å². The van der Waals surface area contributed by atoms with Gasteiger partial charge < -0.3 is 15.1 Å². The average Bonchev–Trinajstić information content (AvgIpc) is 2.48. The molecule has 0 atom stereocenters. The van der Waals surface area contributed by atoms with Crippen molar-refractivity contribution in [2.24, 2.45) is 0 Å². The maximum Gasteiger partial charge on any atom is 0.234 e. The maximum absolute atomic E-state index is 12.1. The summed E-state index contributed by atoms with van der Waals surface area (Å²) >= 11 is 0. The highest BCUT2D eigenvalue weighted by atomic mass is 16.2. The molecule has 0 radical (unpaired) electrons. The van der Waals surface area contributed by atoms with Gasteiger partial charge in [0.2, 0.25) is 11.8 Å². The number of piperidine rings is 1. The Morgan fingerprint density at radius 2 is 1.57 bits per heavy atom. The van der Waals surface area contributed by atoms with Crippen molar-refractivity contribution in [3.05, 3.63) is 0 Å². The predicted octanol–water partition coefficient (Wildman–Crippen LogP) is -0.249. The Balaban J connectivity index is 1.65. The normalized spacial score (nSPS) is 22.3. The van der Waals surface area contributed by atoms with Gasteiger partial charge in [0.1, 0.15) is 0 Å². The van der Waals surface area contributed by atoms with Crippen molar-refractivity contribution in [2.45, 2.75) is 32.7 Å². The summed E-state index contributed by atoms with van der Waals surface area (Å²) in [6.07, 6.45) is 1.74. The molecule has 120 valence electrons. The van der Waals surface area contributed by atoms with Crippen LogP contribution in [0.1, 0.15) is 26.7 Å². The molecule has 2 aliphatic rings. The third-order valence-corrected chi connectivity index (χ3v) is 4.58. The quantitative estimate of drug-likeness (QED) is 0.777. The predicted molar refractivity (Wildman–Crippen MR) is 82.0 cm³/mol. The first-order chi connectivity index (χ1) is 10.1. The van der Waals surface area contributed by atoms with E-state index in [1.165, 1.54) is 0 Å². The Morgan fingerprint density at radius 3 is 2.10 bits per heavy atom. The number of nitrogens with zero attached hydrogens (tertiary/aromatic N) is 3. The topological polar surface area (TPSA) is 55.9 Å². The zero-order valence-electron chi connectivity index (χ0n) is 13.3. The molecule has 6 heteroatoms. The number of likely N-dealkylation sites (tertiary alicyclic amines) is 1. The third kappa shape index (κ3) is 4.97. The molecule has 1 N–H and O–H groups in total. The van der Waals surface area contributed by atoms with E-state index in [-0.39, 0.29) is 17.9 Å². The first kappa shape index (κ1) is 16.2. The lowest BCUT2D eigenvalue weighted by Crippen LogP contribution is -2.51. The summed E-state index contributed by atoms with van der Waals surface area (Å²) in [4.78, 5) is 29.9. The highest BCUT2D eigenvalue weighted by Crippen LogP contribution is 2.10. The van der Waals surface area contributed by atoms with Crippen LogP contribution in [0.25, 0.3) is 0 Å². The molecule has 0 saturated carbocycles. The summed E-state index contributed by atoms with van der Waals surface area (Å²) in [6.45, 7) is 11.0. The summed E-state index contributed by atoms with van der Waals surface area (Å²) < 4.78 is 0. The summed E-state index contributed by atoms with van der Waals surface area (Å²) in [5, 5.41) is 3.12. The van der Waals surface area contributed by atoms with Crippen molar-refractivity contribution in [3.8, 4) is 0 Å². The van der Waals surface area contributed by atoms with Crippen LogP contribution in [0.15, 0.2) is 0 Å². The van der Waals surface area contributed by atoms with Crippen LogP contribution >= 0.6 is 0 Å². The van der Waals surface area contributed by atoms with Crippen LogP contribution in [0.3, 0.4) is 0 Å². The van der Waals surface area contributed by atoms with Crippen molar-refractivity contribution in [3.63, 3.8) is 0 Å². The van der Waals surface area contributed by atoms with Gasteiger partial charge in [0.15, 0.2) is 0 Å². The molecule has 0 unspecified atom stereocenters. The number of hydrogen-bond donors (Lipinski definition) is 1. The van der Waals surface area contributed by atoms with Gasteiger partial charge in [-0.2, -0.15) is 0 Å². The lowest BCUT2D eigenvalue weighted by atomic mass is 10.1. The summed E-state index contributed by atoms with van der Waals surface area (Å²) in [5.41, 5.74) is 0. The summed E-state index contributed by atoms with van der Waals surface area (Å²) in [6, 6.07) is 0.227. The number of rotatable bonds is 4. The van der Waals surface area contributed by atoms with Crippen molar-refractivity contribution in [1.29, 1.82) is 0 Å². The molecule has 2 saturated heterocycles. The second-order valence-corrected chi connectivity index (χ2v) is 6.06. The van der Waals surface area contributed by atoms with E-state index in [1.54, 1.807) is 6.92 Å². The number of carbonyl (C=O) groups excluding carboxylic acids is 2. The number of amides is 2. The Bertz CT molecular complexity index is 359. The zero-order chi connectivity index (χ0) is 15.2. The minimum atomic E-state index is 0.126. The van der Waals surface area contributed by atoms with Gasteiger partial charge in [-0.05, 0) is 19.4 Å². The van der Waals surface area contributed by atoms with Crippen LogP contribution in [-0.4, -0.2) is 84.9 Å². The van der Waals surface area contributed by atoms with E-state index in [2.05, 4.69) is 22.0 Å². The van der Waals surface area contributed by atoms with Crippen LogP contribution in [0.4, 0.5) is 0 Å². The smallest absolute Gasteiger partial charge is 0.234 e. The maximum atomic E-state index is 12.1. The molecule has 0 bridgehead atoms. The van der Waals surface area contributed by atoms with Gasteiger partial charge >= 0.3 is 0 Å². The molecule has 2 heterocycles. The average molecular weight is 296 g/mol. The van der Waals surface area contributed by atoms with Gasteiger partial charge in [-0.3, -0.25) is 14.5 Å². The minimum Gasteiger partial charge on any atom is -0.352 e. The van der Waals surface area contributed by atoms with Crippen molar-refractivity contribution >= 4 is 11.8 Å². The molecule has 0 aromatic carbocycles. The van der Waals surface area contributed by atoms with Gasteiger partial charge in [-0.25, -0.2) is 0 Å². The lowest BCUT2D eigenvalue weighted by molar-refractivity contribution is -0.130.